The first-order valence-electron chi connectivity index (χ1n) is 5.49. The molecule has 1 saturated carbocycles. The van der Waals surface area contributed by atoms with Crippen molar-refractivity contribution >= 4 is 0 Å². The molecule has 1 N–H and O–H groups in total. The van der Waals surface area contributed by atoms with Crippen LogP contribution in [0.4, 0.5) is 0 Å². The molecule has 13 heavy (non-hydrogen) atoms. The largest absolute Gasteiger partial charge is 0.301 e. The smallest absolute Gasteiger partial charge is 0.0798 e. The van der Waals surface area contributed by atoms with Gasteiger partial charge >= 0.3 is 0 Å². The summed E-state index contributed by atoms with van der Waals surface area (Å²) in [4.78, 5) is 0. The van der Waals surface area contributed by atoms with E-state index in [-0.39, 0.29) is 5.54 Å². The first kappa shape index (κ1) is 10.6. The Balaban J connectivity index is 2.28. The molecule has 0 heterocycles. The molecular weight excluding hydrogens is 158 g/mol. The topological polar surface area (TPSA) is 12.0 Å². The fourth-order valence-corrected chi connectivity index (χ4v) is 1.82. The zero-order valence-electron chi connectivity index (χ0n) is 8.90. The highest BCUT2D eigenvalue weighted by Gasteiger charge is 2.34. The molecule has 74 valence electrons. The summed E-state index contributed by atoms with van der Waals surface area (Å²) in [6.45, 7) is 5.59. The fourth-order valence-electron chi connectivity index (χ4n) is 1.82. The Morgan fingerprint density at radius 2 is 2.00 bits per heavy atom. The van der Waals surface area contributed by atoms with E-state index in [1.54, 1.807) is 0 Å². The lowest BCUT2D eigenvalue weighted by molar-refractivity contribution is 0.240. The van der Waals surface area contributed by atoms with Gasteiger partial charge in [0, 0.05) is 0 Å². The van der Waals surface area contributed by atoms with Crippen molar-refractivity contribution in [2.24, 2.45) is 5.92 Å². The Bertz CT molecular complexity index is 182. The molecule has 1 aliphatic rings. The van der Waals surface area contributed by atoms with E-state index in [2.05, 4.69) is 25.1 Å². The van der Waals surface area contributed by atoms with Crippen LogP contribution in [-0.4, -0.2) is 12.1 Å². The molecule has 1 heteroatoms. The third-order valence-electron chi connectivity index (χ3n) is 3.37. The molecule has 0 unspecified atom stereocenters. The summed E-state index contributed by atoms with van der Waals surface area (Å²) in [5.74, 6) is 3.70. The van der Waals surface area contributed by atoms with Crippen molar-refractivity contribution in [2.45, 2.75) is 51.5 Å². The van der Waals surface area contributed by atoms with E-state index in [9.17, 15) is 0 Å². The van der Waals surface area contributed by atoms with Crippen LogP contribution in [0.1, 0.15) is 46.0 Å². The molecular formula is C12H21N. The number of hydrogen-bond donors (Lipinski definition) is 1. The Morgan fingerprint density at radius 1 is 1.38 bits per heavy atom. The van der Waals surface area contributed by atoms with Gasteiger partial charge in [0.1, 0.15) is 0 Å². The van der Waals surface area contributed by atoms with Crippen LogP contribution in [0, 0.1) is 18.3 Å². The average molecular weight is 179 g/mol. The van der Waals surface area contributed by atoms with Crippen molar-refractivity contribution in [3.05, 3.63) is 0 Å². The quantitative estimate of drug-likeness (QED) is 0.640. The molecule has 1 rings (SSSR count). The summed E-state index contributed by atoms with van der Waals surface area (Å²) in [7, 11) is 0. The standard InChI is InChI=1S/C12H21N/c1-4-11(5-2)10-13-12(6-3)8-7-9-12/h3,11,13H,4-5,7-10H2,1-2H3. The van der Waals surface area contributed by atoms with Crippen molar-refractivity contribution < 1.29 is 0 Å². The van der Waals surface area contributed by atoms with Gasteiger partial charge in [-0.3, -0.25) is 0 Å². The van der Waals surface area contributed by atoms with Crippen molar-refractivity contribution in [1.82, 2.24) is 5.32 Å². The maximum atomic E-state index is 5.53. The van der Waals surface area contributed by atoms with Gasteiger partial charge in [-0.2, -0.15) is 0 Å². The van der Waals surface area contributed by atoms with Crippen molar-refractivity contribution in [2.75, 3.05) is 6.54 Å². The van der Waals surface area contributed by atoms with E-state index in [1.165, 1.54) is 32.1 Å². The lowest BCUT2D eigenvalue weighted by Gasteiger charge is -2.39. The Labute approximate surface area is 82.3 Å². The molecule has 0 aliphatic heterocycles. The third kappa shape index (κ3) is 2.48. The van der Waals surface area contributed by atoms with Gasteiger partial charge in [0.2, 0.25) is 0 Å². The van der Waals surface area contributed by atoms with E-state index in [0.717, 1.165) is 12.5 Å². The highest BCUT2D eigenvalue weighted by molar-refractivity contribution is 5.17. The van der Waals surface area contributed by atoms with Crippen LogP contribution in [0.15, 0.2) is 0 Å². The SMILES string of the molecule is C#CC1(NCC(CC)CC)CCC1. The second-order valence-corrected chi connectivity index (χ2v) is 4.14. The second kappa shape index (κ2) is 4.67. The third-order valence-corrected chi connectivity index (χ3v) is 3.37. The minimum Gasteiger partial charge on any atom is -0.301 e. The van der Waals surface area contributed by atoms with Gasteiger partial charge in [-0.15, -0.1) is 6.42 Å². The highest BCUT2D eigenvalue weighted by Crippen LogP contribution is 2.31. The van der Waals surface area contributed by atoms with E-state index >= 15 is 0 Å². The van der Waals surface area contributed by atoms with Crippen molar-refractivity contribution in [1.29, 1.82) is 0 Å². The molecule has 0 radical (unpaired) electrons. The predicted octanol–water partition coefficient (Wildman–Crippen LogP) is 2.57. The molecule has 0 spiro atoms. The predicted molar refractivity (Wildman–Crippen MR) is 57.5 cm³/mol. The molecule has 0 amide bonds. The highest BCUT2D eigenvalue weighted by atomic mass is 15.0. The Hall–Kier alpha value is -0.480. The minimum absolute atomic E-state index is 0.0720. The number of rotatable bonds is 5. The second-order valence-electron chi connectivity index (χ2n) is 4.14. The fraction of sp³-hybridized carbons (Fsp3) is 0.833. The minimum atomic E-state index is 0.0720. The van der Waals surface area contributed by atoms with Crippen LogP contribution >= 0.6 is 0 Å². The summed E-state index contributed by atoms with van der Waals surface area (Å²) in [6.07, 6.45) is 11.7. The molecule has 0 aromatic heterocycles. The summed E-state index contributed by atoms with van der Waals surface area (Å²) >= 11 is 0. The van der Waals surface area contributed by atoms with Crippen LogP contribution < -0.4 is 5.32 Å². The summed E-state index contributed by atoms with van der Waals surface area (Å²) in [5.41, 5.74) is 0.0720. The number of hydrogen-bond acceptors (Lipinski definition) is 1. The van der Waals surface area contributed by atoms with E-state index < -0.39 is 0 Å². The van der Waals surface area contributed by atoms with E-state index in [4.69, 9.17) is 6.42 Å². The lowest BCUT2D eigenvalue weighted by atomic mass is 9.77. The maximum Gasteiger partial charge on any atom is 0.0798 e. The zero-order chi connectivity index (χ0) is 9.73. The van der Waals surface area contributed by atoms with Gasteiger partial charge in [0.15, 0.2) is 0 Å². The van der Waals surface area contributed by atoms with E-state index in [1.807, 2.05) is 0 Å². The molecule has 0 aromatic carbocycles. The van der Waals surface area contributed by atoms with Gasteiger partial charge in [0.05, 0.1) is 5.54 Å². The first-order chi connectivity index (χ1) is 6.26. The lowest BCUT2D eigenvalue weighted by Crippen LogP contribution is -2.51. The van der Waals surface area contributed by atoms with Gasteiger partial charge < -0.3 is 5.32 Å². The molecule has 0 atom stereocenters. The van der Waals surface area contributed by atoms with Crippen LogP contribution in [0.25, 0.3) is 0 Å². The summed E-state index contributed by atoms with van der Waals surface area (Å²) in [6, 6.07) is 0. The Morgan fingerprint density at radius 3 is 2.31 bits per heavy atom. The monoisotopic (exact) mass is 179 g/mol. The first-order valence-corrected chi connectivity index (χ1v) is 5.49. The normalized spacial score (nSPS) is 19.5. The van der Waals surface area contributed by atoms with Crippen LogP contribution in [0.5, 0.6) is 0 Å². The van der Waals surface area contributed by atoms with E-state index in [0.29, 0.717) is 0 Å². The Kier molecular flexibility index (Phi) is 3.81. The number of nitrogens with one attached hydrogen (secondary N) is 1. The maximum absolute atomic E-state index is 5.53. The van der Waals surface area contributed by atoms with Gasteiger partial charge in [-0.25, -0.2) is 0 Å². The van der Waals surface area contributed by atoms with Crippen LogP contribution in [0.2, 0.25) is 0 Å². The van der Waals surface area contributed by atoms with Crippen LogP contribution in [-0.2, 0) is 0 Å². The number of terminal acetylenes is 1. The van der Waals surface area contributed by atoms with Crippen LogP contribution in [0.3, 0.4) is 0 Å². The summed E-state index contributed by atoms with van der Waals surface area (Å²) < 4.78 is 0. The average Bonchev–Trinajstić information content (AvgIpc) is 2.10. The molecule has 0 aromatic rings. The van der Waals surface area contributed by atoms with Gasteiger partial charge in [-0.05, 0) is 31.7 Å². The molecule has 1 aliphatic carbocycles. The zero-order valence-corrected chi connectivity index (χ0v) is 8.90. The summed E-state index contributed by atoms with van der Waals surface area (Å²) in [5, 5.41) is 3.55. The molecule has 0 saturated heterocycles. The molecule has 1 fully saturated rings. The van der Waals surface area contributed by atoms with Crippen molar-refractivity contribution in [3.63, 3.8) is 0 Å². The van der Waals surface area contributed by atoms with Gasteiger partial charge in [-0.1, -0.05) is 32.6 Å². The molecule has 1 nitrogen and oxygen atoms in total. The van der Waals surface area contributed by atoms with Crippen molar-refractivity contribution in [3.8, 4) is 12.3 Å². The van der Waals surface area contributed by atoms with Gasteiger partial charge in [0.25, 0.3) is 0 Å². The molecule has 0 bridgehead atoms.